The molecule has 0 amide bonds. The number of rotatable bonds is 2. The molecule has 3 rings (SSSR count). The number of nitrogens with zero attached hydrogens (tertiary/aromatic N) is 2. The second kappa shape index (κ2) is 5.30. The van der Waals surface area contributed by atoms with Gasteiger partial charge >= 0.3 is 0 Å². The van der Waals surface area contributed by atoms with Crippen LogP contribution in [0.2, 0.25) is 0 Å². The molecule has 1 saturated carbocycles. The van der Waals surface area contributed by atoms with E-state index in [1.807, 2.05) is 19.3 Å². The number of hydrogen-bond acceptors (Lipinski definition) is 5. The Morgan fingerprint density at radius 2 is 2.15 bits per heavy atom. The van der Waals surface area contributed by atoms with Crippen molar-refractivity contribution in [3.05, 3.63) is 23.5 Å². The topological polar surface area (TPSA) is 95.5 Å². The SMILES string of the molecule is CN[C@H]1CC[C@H](/C(N)=C2\c3cc[nH]c3N=CN2N)CC1. The first kappa shape index (κ1) is 13.2. The minimum atomic E-state index is 0.398. The number of aliphatic imine (C=N–C) groups is 1. The van der Waals surface area contributed by atoms with Gasteiger partial charge in [-0.25, -0.2) is 10.8 Å². The van der Waals surface area contributed by atoms with Crippen molar-refractivity contribution in [2.75, 3.05) is 7.05 Å². The summed E-state index contributed by atoms with van der Waals surface area (Å²) >= 11 is 0. The molecule has 0 unspecified atom stereocenters. The van der Waals surface area contributed by atoms with Gasteiger partial charge in [0, 0.05) is 29.4 Å². The van der Waals surface area contributed by atoms with E-state index in [9.17, 15) is 0 Å². The first-order valence-electron chi connectivity index (χ1n) is 7.13. The van der Waals surface area contributed by atoms with E-state index in [0.717, 1.165) is 48.5 Å². The molecule has 0 bridgehead atoms. The maximum atomic E-state index is 6.44. The van der Waals surface area contributed by atoms with Gasteiger partial charge in [-0.2, -0.15) is 0 Å². The second-order valence-corrected chi connectivity index (χ2v) is 5.53. The van der Waals surface area contributed by atoms with Crippen molar-refractivity contribution in [3.63, 3.8) is 0 Å². The zero-order chi connectivity index (χ0) is 14.1. The molecule has 6 nitrogen and oxygen atoms in total. The van der Waals surface area contributed by atoms with Crippen LogP contribution in [0.15, 0.2) is 23.0 Å². The summed E-state index contributed by atoms with van der Waals surface area (Å²) in [7, 11) is 2.03. The molecule has 2 aliphatic rings. The van der Waals surface area contributed by atoms with Crippen molar-refractivity contribution < 1.29 is 0 Å². The number of H-pyrrole nitrogens is 1. The Hall–Kier alpha value is -1.79. The molecule has 1 aromatic rings. The van der Waals surface area contributed by atoms with Crippen molar-refractivity contribution in [3.8, 4) is 0 Å². The highest BCUT2D eigenvalue weighted by molar-refractivity contribution is 5.86. The minimum absolute atomic E-state index is 0.398. The van der Waals surface area contributed by atoms with Crippen molar-refractivity contribution >= 4 is 17.9 Å². The molecule has 1 fully saturated rings. The van der Waals surface area contributed by atoms with Crippen molar-refractivity contribution in [2.24, 2.45) is 22.5 Å². The molecular formula is C14H22N6. The fourth-order valence-electron chi connectivity index (χ4n) is 3.17. The third kappa shape index (κ3) is 2.21. The molecule has 20 heavy (non-hydrogen) atoms. The van der Waals surface area contributed by atoms with Gasteiger partial charge in [-0.15, -0.1) is 0 Å². The van der Waals surface area contributed by atoms with E-state index in [-0.39, 0.29) is 0 Å². The average Bonchev–Trinajstić information content (AvgIpc) is 2.95. The van der Waals surface area contributed by atoms with Crippen molar-refractivity contribution in [1.82, 2.24) is 15.3 Å². The van der Waals surface area contributed by atoms with Crippen molar-refractivity contribution in [1.29, 1.82) is 0 Å². The predicted octanol–water partition coefficient (Wildman–Crippen LogP) is 1.27. The molecule has 0 radical (unpaired) electrons. The Morgan fingerprint density at radius 1 is 1.40 bits per heavy atom. The minimum Gasteiger partial charge on any atom is -0.400 e. The van der Waals surface area contributed by atoms with Crippen LogP contribution in [0.1, 0.15) is 31.2 Å². The zero-order valence-electron chi connectivity index (χ0n) is 11.8. The Bertz CT molecular complexity index is 536. The molecule has 0 saturated heterocycles. The summed E-state index contributed by atoms with van der Waals surface area (Å²) in [5, 5.41) is 4.88. The fourth-order valence-corrected chi connectivity index (χ4v) is 3.17. The zero-order valence-corrected chi connectivity index (χ0v) is 11.8. The van der Waals surface area contributed by atoms with Crippen LogP contribution < -0.4 is 16.9 Å². The number of aromatic amines is 1. The largest absolute Gasteiger partial charge is 0.400 e. The maximum absolute atomic E-state index is 6.44. The molecule has 2 heterocycles. The number of fused-ring (bicyclic) bond motifs is 1. The van der Waals surface area contributed by atoms with E-state index in [4.69, 9.17) is 11.6 Å². The summed E-state index contributed by atoms with van der Waals surface area (Å²) in [6.07, 6.45) is 8.01. The van der Waals surface area contributed by atoms with Gasteiger partial charge in [0.1, 0.15) is 12.2 Å². The van der Waals surface area contributed by atoms with Crippen LogP contribution in [0.5, 0.6) is 0 Å². The lowest BCUT2D eigenvalue weighted by Crippen LogP contribution is -2.35. The normalized spacial score (nSPS) is 28.4. The lowest BCUT2D eigenvalue weighted by atomic mass is 9.83. The first-order chi connectivity index (χ1) is 9.70. The first-order valence-corrected chi connectivity index (χ1v) is 7.13. The highest BCUT2D eigenvalue weighted by atomic mass is 15.4. The lowest BCUT2D eigenvalue weighted by Gasteiger charge is -2.31. The van der Waals surface area contributed by atoms with E-state index >= 15 is 0 Å². The van der Waals surface area contributed by atoms with Crippen LogP contribution in [0.25, 0.3) is 5.70 Å². The molecular weight excluding hydrogens is 252 g/mol. The van der Waals surface area contributed by atoms with Crippen LogP contribution in [0.3, 0.4) is 0 Å². The molecule has 1 aliphatic carbocycles. The number of hydrazine groups is 1. The number of allylic oxidation sites excluding steroid dienone is 1. The molecule has 0 aromatic carbocycles. The molecule has 6 N–H and O–H groups in total. The quantitative estimate of drug-likeness (QED) is 0.611. The second-order valence-electron chi connectivity index (χ2n) is 5.53. The Labute approximate surface area is 118 Å². The van der Waals surface area contributed by atoms with Gasteiger partial charge in [0.2, 0.25) is 0 Å². The third-order valence-electron chi connectivity index (χ3n) is 4.40. The highest BCUT2D eigenvalue weighted by Crippen LogP contribution is 2.36. The highest BCUT2D eigenvalue weighted by Gasteiger charge is 2.27. The molecule has 6 heteroatoms. The molecule has 1 aromatic heterocycles. The predicted molar refractivity (Wildman–Crippen MR) is 80.9 cm³/mol. The van der Waals surface area contributed by atoms with E-state index < -0.39 is 0 Å². The summed E-state index contributed by atoms with van der Waals surface area (Å²) < 4.78 is 0. The van der Waals surface area contributed by atoms with Crippen LogP contribution in [0, 0.1) is 5.92 Å². The Morgan fingerprint density at radius 3 is 2.85 bits per heavy atom. The monoisotopic (exact) mass is 274 g/mol. The maximum Gasteiger partial charge on any atom is 0.141 e. The number of nitrogens with two attached hydrogens (primary N) is 2. The van der Waals surface area contributed by atoms with Gasteiger partial charge in [0.15, 0.2) is 0 Å². The van der Waals surface area contributed by atoms with Gasteiger partial charge in [0.25, 0.3) is 0 Å². The molecule has 1 aliphatic heterocycles. The van der Waals surface area contributed by atoms with Crippen LogP contribution in [0.4, 0.5) is 5.82 Å². The van der Waals surface area contributed by atoms with Gasteiger partial charge in [0.05, 0.1) is 5.70 Å². The Balaban J connectivity index is 1.88. The Kier molecular flexibility index (Phi) is 3.50. The van der Waals surface area contributed by atoms with E-state index in [0.29, 0.717) is 12.0 Å². The van der Waals surface area contributed by atoms with Gasteiger partial charge in [-0.05, 0) is 38.8 Å². The van der Waals surface area contributed by atoms with E-state index in [1.165, 1.54) is 5.01 Å². The van der Waals surface area contributed by atoms with Gasteiger partial charge in [-0.1, -0.05) is 0 Å². The average molecular weight is 274 g/mol. The summed E-state index contributed by atoms with van der Waals surface area (Å²) in [4.78, 5) is 7.36. The summed E-state index contributed by atoms with van der Waals surface area (Å²) in [6.45, 7) is 0. The van der Waals surface area contributed by atoms with Gasteiger partial charge in [-0.3, -0.25) is 5.01 Å². The number of hydrogen-bond donors (Lipinski definition) is 4. The van der Waals surface area contributed by atoms with Gasteiger partial charge < -0.3 is 16.0 Å². The molecule has 0 spiro atoms. The molecule has 108 valence electrons. The fraction of sp³-hybridized carbons (Fsp3) is 0.500. The summed E-state index contributed by atoms with van der Waals surface area (Å²) in [5.41, 5.74) is 9.20. The summed E-state index contributed by atoms with van der Waals surface area (Å²) in [6, 6.07) is 2.60. The third-order valence-corrected chi connectivity index (χ3v) is 4.40. The van der Waals surface area contributed by atoms with Crippen LogP contribution in [-0.4, -0.2) is 29.4 Å². The number of aromatic nitrogens is 1. The number of nitrogens with one attached hydrogen (secondary N) is 2. The molecule has 0 atom stereocenters. The van der Waals surface area contributed by atoms with Crippen molar-refractivity contribution in [2.45, 2.75) is 31.7 Å². The lowest BCUT2D eigenvalue weighted by molar-refractivity contribution is 0.329. The standard InChI is InChI=1S/C14H22N6/c1-17-10-4-2-9(3-5-10)12(15)13-11-6-7-18-14(11)19-8-20(13)16/h6-10,17-18H,2-5,15-16H2,1H3/b13-12-/t9-,10-. The summed E-state index contributed by atoms with van der Waals surface area (Å²) in [5.74, 6) is 7.26. The van der Waals surface area contributed by atoms with Crippen LogP contribution in [-0.2, 0) is 0 Å². The van der Waals surface area contributed by atoms with E-state index in [1.54, 1.807) is 6.34 Å². The van der Waals surface area contributed by atoms with Crippen LogP contribution >= 0.6 is 0 Å². The van der Waals surface area contributed by atoms with E-state index in [2.05, 4.69) is 15.3 Å². The smallest absolute Gasteiger partial charge is 0.141 e.